The van der Waals surface area contributed by atoms with Gasteiger partial charge in [0, 0.05) is 6.42 Å². The second kappa shape index (κ2) is 7.06. The summed E-state index contributed by atoms with van der Waals surface area (Å²) in [5.41, 5.74) is 0.479. The lowest BCUT2D eigenvalue weighted by Crippen LogP contribution is -2.40. The fourth-order valence-corrected chi connectivity index (χ4v) is 4.37. The number of likely N-dealkylation sites (tertiary alicyclic amines) is 1. The molecule has 1 aliphatic rings. The molecule has 1 rings (SSSR count). The van der Waals surface area contributed by atoms with Crippen molar-refractivity contribution in [1.82, 2.24) is 4.90 Å². The van der Waals surface area contributed by atoms with Crippen LogP contribution in [0.25, 0.3) is 0 Å². The minimum atomic E-state index is 0.135. The standard InChI is InChI=1S/C18H35NO/c1-7-10-19-11-8-16(9-12-19)18(5,6)14-17(3,4)13-15(2)20/h16H,7-14H2,1-6H3. The predicted octanol–water partition coefficient (Wildman–Crippen LogP) is 4.53. The van der Waals surface area contributed by atoms with Crippen LogP contribution in [-0.2, 0) is 4.79 Å². The van der Waals surface area contributed by atoms with Crippen LogP contribution in [0, 0.1) is 16.7 Å². The first-order valence-corrected chi connectivity index (χ1v) is 8.38. The molecule has 0 N–H and O–H groups in total. The third-order valence-electron chi connectivity index (χ3n) is 4.89. The Bertz CT molecular complexity index is 311. The highest BCUT2D eigenvalue weighted by molar-refractivity contribution is 5.76. The Hall–Kier alpha value is -0.370. The van der Waals surface area contributed by atoms with E-state index in [-0.39, 0.29) is 5.41 Å². The number of ketones is 1. The zero-order chi connectivity index (χ0) is 15.4. The van der Waals surface area contributed by atoms with Crippen molar-refractivity contribution in [3.8, 4) is 0 Å². The topological polar surface area (TPSA) is 20.3 Å². The van der Waals surface area contributed by atoms with Crippen LogP contribution in [0.2, 0.25) is 0 Å². The molecule has 2 heteroatoms. The van der Waals surface area contributed by atoms with E-state index < -0.39 is 0 Å². The van der Waals surface area contributed by atoms with Gasteiger partial charge in [-0.1, -0.05) is 34.6 Å². The maximum Gasteiger partial charge on any atom is 0.130 e. The fraction of sp³-hybridized carbons (Fsp3) is 0.944. The van der Waals surface area contributed by atoms with Crippen molar-refractivity contribution in [3.63, 3.8) is 0 Å². The van der Waals surface area contributed by atoms with Crippen LogP contribution in [0.1, 0.15) is 73.6 Å². The minimum absolute atomic E-state index is 0.135. The summed E-state index contributed by atoms with van der Waals surface area (Å²) in [5.74, 6) is 1.13. The molecule has 20 heavy (non-hydrogen) atoms. The molecule has 1 saturated heterocycles. The molecule has 0 atom stereocenters. The average molecular weight is 281 g/mol. The van der Waals surface area contributed by atoms with Crippen LogP contribution in [0.5, 0.6) is 0 Å². The Morgan fingerprint density at radius 3 is 2.15 bits per heavy atom. The lowest BCUT2D eigenvalue weighted by Gasteiger charge is -2.44. The smallest absolute Gasteiger partial charge is 0.130 e. The number of carbonyl (C=O) groups excluding carboxylic acids is 1. The first-order chi connectivity index (χ1) is 9.16. The van der Waals surface area contributed by atoms with Gasteiger partial charge < -0.3 is 9.69 Å². The van der Waals surface area contributed by atoms with E-state index in [1.54, 1.807) is 6.92 Å². The van der Waals surface area contributed by atoms with Crippen LogP contribution < -0.4 is 0 Å². The van der Waals surface area contributed by atoms with Crippen molar-refractivity contribution < 1.29 is 4.79 Å². The second-order valence-electron chi connectivity index (χ2n) is 8.32. The number of nitrogens with zero attached hydrogens (tertiary/aromatic N) is 1. The predicted molar refractivity (Wildman–Crippen MR) is 86.9 cm³/mol. The van der Waals surface area contributed by atoms with E-state index in [1.807, 2.05) is 0 Å². The van der Waals surface area contributed by atoms with E-state index in [9.17, 15) is 4.79 Å². The lowest BCUT2D eigenvalue weighted by molar-refractivity contribution is -0.119. The fourth-order valence-electron chi connectivity index (χ4n) is 4.37. The van der Waals surface area contributed by atoms with Crippen LogP contribution >= 0.6 is 0 Å². The normalized spacial score (nSPS) is 19.3. The van der Waals surface area contributed by atoms with E-state index in [2.05, 4.69) is 39.5 Å². The van der Waals surface area contributed by atoms with Gasteiger partial charge in [-0.05, 0) is 69.0 Å². The van der Waals surface area contributed by atoms with Gasteiger partial charge in [-0.15, -0.1) is 0 Å². The van der Waals surface area contributed by atoms with E-state index >= 15 is 0 Å². The maximum atomic E-state index is 11.4. The Balaban J connectivity index is 2.54. The molecule has 1 aliphatic heterocycles. The van der Waals surface area contributed by atoms with Crippen LogP contribution in [0.4, 0.5) is 0 Å². The Kier molecular flexibility index (Phi) is 6.25. The molecule has 0 unspecified atom stereocenters. The molecule has 0 radical (unpaired) electrons. The number of carbonyl (C=O) groups is 1. The molecule has 1 fully saturated rings. The van der Waals surface area contributed by atoms with Gasteiger partial charge in [0.1, 0.15) is 5.78 Å². The summed E-state index contributed by atoms with van der Waals surface area (Å²) >= 11 is 0. The zero-order valence-electron chi connectivity index (χ0n) is 14.6. The summed E-state index contributed by atoms with van der Waals surface area (Å²) in [6, 6.07) is 0. The number of hydrogen-bond donors (Lipinski definition) is 0. The third kappa shape index (κ3) is 5.55. The van der Waals surface area contributed by atoms with Crippen molar-refractivity contribution >= 4 is 5.78 Å². The number of hydrogen-bond acceptors (Lipinski definition) is 2. The Morgan fingerprint density at radius 2 is 1.70 bits per heavy atom. The Labute approximate surface area is 126 Å². The molecule has 2 nitrogen and oxygen atoms in total. The van der Waals surface area contributed by atoms with Crippen LogP contribution in [-0.4, -0.2) is 30.3 Å². The molecule has 0 aromatic carbocycles. The molecule has 1 heterocycles. The maximum absolute atomic E-state index is 11.4. The molecule has 0 aliphatic carbocycles. The zero-order valence-corrected chi connectivity index (χ0v) is 14.6. The molecule has 0 saturated carbocycles. The molecular weight excluding hydrogens is 246 g/mol. The molecule has 0 amide bonds. The SMILES string of the molecule is CCCN1CCC(C(C)(C)CC(C)(C)CC(C)=O)CC1. The summed E-state index contributed by atoms with van der Waals surface area (Å²) in [5, 5.41) is 0. The first kappa shape index (κ1) is 17.7. The van der Waals surface area contributed by atoms with Gasteiger partial charge in [0.2, 0.25) is 0 Å². The number of Topliss-reactive ketones (excluding diaryl/α,β-unsaturated/α-hetero) is 1. The largest absolute Gasteiger partial charge is 0.303 e. The highest BCUT2D eigenvalue weighted by Gasteiger charge is 2.37. The highest BCUT2D eigenvalue weighted by Crippen LogP contribution is 2.44. The van der Waals surface area contributed by atoms with Gasteiger partial charge >= 0.3 is 0 Å². The van der Waals surface area contributed by atoms with Gasteiger partial charge in [-0.3, -0.25) is 0 Å². The van der Waals surface area contributed by atoms with Crippen LogP contribution in [0.15, 0.2) is 0 Å². The van der Waals surface area contributed by atoms with E-state index in [0.717, 1.165) is 12.3 Å². The van der Waals surface area contributed by atoms with Crippen molar-refractivity contribution in [1.29, 1.82) is 0 Å². The van der Waals surface area contributed by atoms with E-state index in [0.29, 0.717) is 17.6 Å². The minimum Gasteiger partial charge on any atom is -0.303 e. The van der Waals surface area contributed by atoms with Crippen molar-refractivity contribution in [2.75, 3.05) is 19.6 Å². The quantitative estimate of drug-likeness (QED) is 0.683. The molecular formula is C18H35NO. The molecule has 0 spiro atoms. The summed E-state index contributed by atoms with van der Waals surface area (Å²) in [6.07, 6.45) is 5.77. The summed E-state index contributed by atoms with van der Waals surface area (Å²) in [6.45, 7) is 17.1. The molecule has 0 aromatic heterocycles. The van der Waals surface area contributed by atoms with Gasteiger partial charge in [0.15, 0.2) is 0 Å². The summed E-state index contributed by atoms with van der Waals surface area (Å²) < 4.78 is 0. The highest BCUT2D eigenvalue weighted by atomic mass is 16.1. The monoisotopic (exact) mass is 281 g/mol. The van der Waals surface area contributed by atoms with Gasteiger partial charge in [0.05, 0.1) is 0 Å². The second-order valence-corrected chi connectivity index (χ2v) is 8.32. The molecule has 118 valence electrons. The van der Waals surface area contributed by atoms with Crippen molar-refractivity contribution in [3.05, 3.63) is 0 Å². The lowest BCUT2D eigenvalue weighted by atomic mass is 9.64. The number of rotatable bonds is 7. The molecule has 0 bridgehead atoms. The van der Waals surface area contributed by atoms with Crippen molar-refractivity contribution in [2.45, 2.75) is 73.6 Å². The van der Waals surface area contributed by atoms with E-state index in [1.165, 1.54) is 38.9 Å². The van der Waals surface area contributed by atoms with E-state index in [4.69, 9.17) is 0 Å². The Morgan fingerprint density at radius 1 is 1.15 bits per heavy atom. The third-order valence-corrected chi connectivity index (χ3v) is 4.89. The first-order valence-electron chi connectivity index (χ1n) is 8.38. The van der Waals surface area contributed by atoms with Gasteiger partial charge in [-0.25, -0.2) is 0 Å². The molecule has 0 aromatic rings. The average Bonchev–Trinajstić information content (AvgIpc) is 2.26. The number of piperidine rings is 1. The summed E-state index contributed by atoms with van der Waals surface area (Å²) in [7, 11) is 0. The van der Waals surface area contributed by atoms with Crippen LogP contribution in [0.3, 0.4) is 0 Å². The van der Waals surface area contributed by atoms with Gasteiger partial charge in [0.25, 0.3) is 0 Å². The summed E-state index contributed by atoms with van der Waals surface area (Å²) in [4.78, 5) is 14.0. The van der Waals surface area contributed by atoms with Gasteiger partial charge in [-0.2, -0.15) is 0 Å². The van der Waals surface area contributed by atoms with Crippen molar-refractivity contribution in [2.24, 2.45) is 16.7 Å².